The lowest BCUT2D eigenvalue weighted by Gasteiger charge is -2.30. The van der Waals surface area contributed by atoms with Crippen LogP contribution in [0.4, 0.5) is 5.69 Å². The first-order chi connectivity index (χ1) is 13.4. The Balaban J connectivity index is 2.11. The Morgan fingerprint density at radius 3 is 2.50 bits per heavy atom. The average Bonchev–Trinajstić information content (AvgIpc) is 2.67. The minimum atomic E-state index is -1.01. The average molecular weight is 419 g/mol. The molecule has 2 heterocycles. The maximum absolute atomic E-state index is 13.2. The van der Waals surface area contributed by atoms with E-state index >= 15 is 0 Å². The van der Waals surface area contributed by atoms with Crippen LogP contribution >= 0.6 is 23.2 Å². The summed E-state index contributed by atoms with van der Waals surface area (Å²) in [5.41, 5.74) is 2.80. The zero-order valence-electron chi connectivity index (χ0n) is 15.5. The van der Waals surface area contributed by atoms with Crippen molar-refractivity contribution in [3.8, 4) is 0 Å². The van der Waals surface area contributed by atoms with Gasteiger partial charge in [-0.05, 0) is 56.0 Å². The highest BCUT2D eigenvalue weighted by Gasteiger charge is 2.20. The Morgan fingerprint density at radius 2 is 1.82 bits per heavy atom. The van der Waals surface area contributed by atoms with Crippen molar-refractivity contribution < 1.29 is 9.90 Å². The summed E-state index contributed by atoms with van der Waals surface area (Å²) >= 11 is 12.6. The summed E-state index contributed by atoms with van der Waals surface area (Å²) in [5, 5.41) is 10.8. The number of anilines is 1. The maximum atomic E-state index is 13.2. The number of carbonyl (C=O) groups is 1. The summed E-state index contributed by atoms with van der Waals surface area (Å²) in [4.78, 5) is 27.1. The van der Waals surface area contributed by atoms with Crippen molar-refractivity contribution >= 4 is 56.7 Å². The van der Waals surface area contributed by atoms with Crippen molar-refractivity contribution in [3.63, 3.8) is 0 Å². The van der Waals surface area contributed by atoms with Crippen molar-refractivity contribution in [1.82, 2.24) is 4.57 Å². The van der Waals surface area contributed by atoms with E-state index in [1.54, 1.807) is 16.7 Å². The predicted molar refractivity (Wildman–Crippen MR) is 114 cm³/mol. The van der Waals surface area contributed by atoms with Gasteiger partial charge in [-0.3, -0.25) is 9.59 Å². The van der Waals surface area contributed by atoms with Crippen LogP contribution in [0.5, 0.6) is 0 Å². The van der Waals surface area contributed by atoms with E-state index in [1.165, 1.54) is 6.42 Å². The second-order valence-corrected chi connectivity index (χ2v) is 8.06. The molecular weight excluding hydrogens is 399 g/mol. The second-order valence-electron chi connectivity index (χ2n) is 7.27. The van der Waals surface area contributed by atoms with Gasteiger partial charge in [-0.15, -0.1) is 0 Å². The van der Waals surface area contributed by atoms with Crippen LogP contribution in [0.3, 0.4) is 0 Å². The Hall–Kier alpha value is -2.24. The molecule has 0 bridgehead atoms. The van der Waals surface area contributed by atoms with Gasteiger partial charge >= 0.3 is 5.97 Å². The van der Waals surface area contributed by atoms with Crippen LogP contribution in [0, 0.1) is 6.92 Å². The first-order valence-electron chi connectivity index (χ1n) is 9.30. The molecule has 1 aliphatic rings. The number of nitrogens with zero attached hydrogens (tertiary/aromatic N) is 2. The minimum absolute atomic E-state index is 0.168. The van der Waals surface area contributed by atoms with E-state index in [1.807, 2.05) is 19.1 Å². The van der Waals surface area contributed by atoms with Gasteiger partial charge in [-0.2, -0.15) is 0 Å². The van der Waals surface area contributed by atoms with Gasteiger partial charge < -0.3 is 14.6 Å². The van der Waals surface area contributed by atoms with Crippen molar-refractivity contribution in [2.24, 2.45) is 0 Å². The second kappa shape index (κ2) is 7.30. The summed E-state index contributed by atoms with van der Waals surface area (Å²) in [6.07, 6.45) is 3.46. The van der Waals surface area contributed by atoms with Gasteiger partial charge in [0.25, 0.3) is 0 Å². The normalized spacial score (nSPS) is 14.8. The smallest absolute Gasteiger partial charge is 0.323 e. The number of aryl methyl sites for hydroxylation is 1. The van der Waals surface area contributed by atoms with Crippen LogP contribution < -0.4 is 10.3 Å². The molecule has 0 aliphatic carbocycles. The number of hydrogen-bond donors (Lipinski definition) is 1. The van der Waals surface area contributed by atoms with Gasteiger partial charge in [0, 0.05) is 29.5 Å². The molecule has 3 aromatic rings. The fourth-order valence-corrected chi connectivity index (χ4v) is 4.54. The number of carboxylic acid groups (broad SMARTS) is 1. The van der Waals surface area contributed by atoms with E-state index in [4.69, 9.17) is 23.2 Å². The van der Waals surface area contributed by atoms with E-state index in [0.717, 1.165) is 37.2 Å². The SMILES string of the molecule is Cc1cc2c(=O)c3ccc(Cl)c(Cl)c3n(CC(=O)O)c2cc1N1CCCCC1. The quantitative estimate of drug-likeness (QED) is 0.617. The van der Waals surface area contributed by atoms with E-state index in [9.17, 15) is 14.7 Å². The van der Waals surface area contributed by atoms with Crippen LogP contribution in [0.1, 0.15) is 24.8 Å². The van der Waals surface area contributed by atoms with Crippen LogP contribution in [-0.2, 0) is 11.3 Å². The minimum Gasteiger partial charge on any atom is -0.480 e. The molecule has 5 nitrogen and oxygen atoms in total. The van der Waals surface area contributed by atoms with Gasteiger partial charge in [0.2, 0.25) is 0 Å². The third-order valence-corrected chi connectivity index (χ3v) is 6.22. The summed E-state index contributed by atoms with van der Waals surface area (Å²) in [7, 11) is 0. The standard InChI is InChI=1S/C21H20Cl2N2O3/c1-12-9-14-17(10-16(12)24-7-3-2-4-8-24)25(11-18(26)27)20-13(21(14)28)5-6-15(22)19(20)23/h5-6,9-10H,2-4,7-8,11H2,1H3,(H,26,27). The summed E-state index contributed by atoms with van der Waals surface area (Å²) < 4.78 is 1.59. The Morgan fingerprint density at radius 1 is 1.11 bits per heavy atom. The van der Waals surface area contributed by atoms with E-state index in [-0.39, 0.29) is 22.0 Å². The van der Waals surface area contributed by atoms with E-state index in [2.05, 4.69) is 4.90 Å². The number of pyridine rings is 1. The number of halogens is 2. The van der Waals surface area contributed by atoms with E-state index < -0.39 is 5.97 Å². The molecule has 146 valence electrons. The molecule has 7 heteroatoms. The Bertz CT molecular complexity index is 1160. The summed E-state index contributed by atoms with van der Waals surface area (Å²) in [6.45, 7) is 3.59. The molecule has 2 aromatic carbocycles. The number of carboxylic acids is 1. The van der Waals surface area contributed by atoms with Gasteiger partial charge in [-0.25, -0.2) is 0 Å². The maximum Gasteiger partial charge on any atom is 0.323 e. The molecule has 1 N–H and O–H groups in total. The fourth-order valence-electron chi connectivity index (χ4n) is 4.12. The lowest BCUT2D eigenvalue weighted by Crippen LogP contribution is -2.30. The Kier molecular flexibility index (Phi) is 4.98. The molecule has 4 rings (SSSR count). The number of aliphatic carboxylic acids is 1. The largest absolute Gasteiger partial charge is 0.480 e. The Labute approximate surface area is 172 Å². The first-order valence-corrected chi connectivity index (χ1v) is 10.1. The number of hydrogen-bond acceptors (Lipinski definition) is 3. The highest BCUT2D eigenvalue weighted by molar-refractivity contribution is 6.45. The van der Waals surface area contributed by atoms with Crippen LogP contribution in [0.2, 0.25) is 10.0 Å². The topological polar surface area (TPSA) is 62.5 Å². The molecule has 0 spiro atoms. The van der Waals surface area contributed by atoms with Crippen molar-refractivity contribution in [3.05, 3.63) is 50.1 Å². The third kappa shape index (κ3) is 3.12. The molecule has 28 heavy (non-hydrogen) atoms. The lowest BCUT2D eigenvalue weighted by atomic mass is 10.0. The molecule has 0 saturated carbocycles. The number of rotatable bonds is 3. The molecule has 1 saturated heterocycles. The molecule has 0 radical (unpaired) electrons. The van der Waals surface area contributed by atoms with Crippen LogP contribution in [-0.4, -0.2) is 28.7 Å². The molecule has 0 atom stereocenters. The van der Waals surface area contributed by atoms with Crippen molar-refractivity contribution in [2.75, 3.05) is 18.0 Å². The van der Waals surface area contributed by atoms with Crippen molar-refractivity contribution in [1.29, 1.82) is 0 Å². The van der Waals surface area contributed by atoms with Gasteiger partial charge in [-0.1, -0.05) is 23.2 Å². The third-order valence-electron chi connectivity index (χ3n) is 5.42. The zero-order chi connectivity index (χ0) is 20.0. The number of aromatic nitrogens is 1. The van der Waals surface area contributed by atoms with Crippen LogP contribution in [0.25, 0.3) is 21.8 Å². The summed E-state index contributed by atoms with van der Waals surface area (Å²) in [6, 6.07) is 6.97. The number of piperidine rings is 1. The molecule has 1 aromatic heterocycles. The fraction of sp³-hybridized carbons (Fsp3) is 0.333. The first kappa shape index (κ1) is 19.1. The molecule has 1 aliphatic heterocycles. The molecular formula is C21H20Cl2N2O3. The summed E-state index contributed by atoms with van der Waals surface area (Å²) in [5.74, 6) is -1.01. The number of benzene rings is 2. The molecule has 0 amide bonds. The molecule has 0 unspecified atom stereocenters. The van der Waals surface area contributed by atoms with Gasteiger partial charge in [0.15, 0.2) is 5.43 Å². The van der Waals surface area contributed by atoms with Gasteiger partial charge in [0.1, 0.15) is 6.54 Å². The van der Waals surface area contributed by atoms with Gasteiger partial charge in [0.05, 0.1) is 21.1 Å². The lowest BCUT2D eigenvalue weighted by molar-refractivity contribution is -0.137. The highest BCUT2D eigenvalue weighted by Crippen LogP contribution is 2.34. The molecule has 1 fully saturated rings. The monoisotopic (exact) mass is 418 g/mol. The van der Waals surface area contributed by atoms with E-state index in [0.29, 0.717) is 21.8 Å². The highest BCUT2D eigenvalue weighted by atomic mass is 35.5. The zero-order valence-corrected chi connectivity index (χ0v) is 17.0. The number of fused-ring (bicyclic) bond motifs is 2. The van der Waals surface area contributed by atoms with Crippen molar-refractivity contribution in [2.45, 2.75) is 32.7 Å². The van der Waals surface area contributed by atoms with Crippen LogP contribution in [0.15, 0.2) is 29.1 Å². The predicted octanol–water partition coefficient (Wildman–Crippen LogP) is 4.84.